The fourth-order valence-electron chi connectivity index (χ4n) is 1.83. The molecule has 0 atom stereocenters. The Morgan fingerprint density at radius 3 is 2.48 bits per heavy atom. The zero-order chi connectivity index (χ0) is 15.2. The van der Waals surface area contributed by atoms with Gasteiger partial charge in [0, 0.05) is 21.8 Å². The summed E-state index contributed by atoms with van der Waals surface area (Å²) in [7, 11) is 1.90. The van der Waals surface area contributed by atoms with Crippen molar-refractivity contribution in [3.63, 3.8) is 0 Å². The van der Waals surface area contributed by atoms with Crippen LogP contribution >= 0.6 is 24.2 Å². The number of carbonyl (C=O) groups is 1. The smallest absolute Gasteiger partial charge is 0.224 e. The fraction of sp³-hybridized carbons (Fsp3) is 0.562. The van der Waals surface area contributed by atoms with Crippen LogP contribution in [0.4, 0.5) is 5.69 Å². The third-order valence-electron chi connectivity index (χ3n) is 2.73. The Bertz CT molecular complexity index is 458. The van der Waals surface area contributed by atoms with Crippen molar-refractivity contribution >= 4 is 35.8 Å². The normalized spacial score (nSPS) is 10.9. The van der Waals surface area contributed by atoms with Crippen LogP contribution < -0.4 is 10.6 Å². The summed E-state index contributed by atoms with van der Waals surface area (Å²) >= 11 is 1.84. The number of benzene rings is 1. The molecule has 0 fully saturated rings. The lowest BCUT2D eigenvalue weighted by Crippen LogP contribution is -2.15. The molecule has 1 aromatic rings. The van der Waals surface area contributed by atoms with Crippen molar-refractivity contribution in [3.05, 3.63) is 23.8 Å². The number of amides is 1. The maximum Gasteiger partial charge on any atom is 0.224 e. The molecule has 0 aliphatic heterocycles. The highest BCUT2D eigenvalue weighted by atomic mass is 35.5. The van der Waals surface area contributed by atoms with Crippen LogP contribution in [-0.4, -0.2) is 24.2 Å². The number of rotatable bonds is 6. The maximum absolute atomic E-state index is 11.8. The first-order chi connectivity index (χ1) is 9.31. The van der Waals surface area contributed by atoms with Gasteiger partial charge in [-0.1, -0.05) is 20.8 Å². The van der Waals surface area contributed by atoms with Crippen molar-refractivity contribution in [2.24, 2.45) is 0 Å². The molecule has 21 heavy (non-hydrogen) atoms. The summed E-state index contributed by atoms with van der Waals surface area (Å²) in [5.41, 5.74) is 2.03. The van der Waals surface area contributed by atoms with Crippen LogP contribution in [0.15, 0.2) is 23.1 Å². The van der Waals surface area contributed by atoms with Crippen molar-refractivity contribution in [3.8, 4) is 0 Å². The zero-order valence-corrected chi connectivity index (χ0v) is 15.2. The summed E-state index contributed by atoms with van der Waals surface area (Å²) in [6.07, 6.45) is 1.41. The number of aryl methyl sites for hydroxylation is 1. The minimum absolute atomic E-state index is 0. The van der Waals surface area contributed by atoms with E-state index in [9.17, 15) is 4.79 Å². The Morgan fingerprint density at radius 1 is 1.29 bits per heavy atom. The molecule has 1 amide bonds. The van der Waals surface area contributed by atoms with Gasteiger partial charge in [-0.2, -0.15) is 0 Å². The molecule has 0 aliphatic rings. The molecule has 0 spiro atoms. The second-order valence-corrected chi connectivity index (χ2v) is 7.85. The number of halogens is 1. The van der Waals surface area contributed by atoms with Crippen LogP contribution in [0.1, 0.15) is 39.2 Å². The molecule has 0 bridgehead atoms. The van der Waals surface area contributed by atoms with E-state index in [1.165, 1.54) is 4.90 Å². The molecule has 0 heterocycles. The average Bonchev–Trinajstić information content (AvgIpc) is 2.31. The van der Waals surface area contributed by atoms with Gasteiger partial charge in [0.1, 0.15) is 0 Å². The van der Waals surface area contributed by atoms with Gasteiger partial charge in [0.2, 0.25) is 5.91 Å². The summed E-state index contributed by atoms with van der Waals surface area (Å²) in [6, 6.07) is 6.21. The summed E-state index contributed by atoms with van der Waals surface area (Å²) in [4.78, 5) is 13.0. The predicted molar refractivity (Wildman–Crippen MR) is 95.8 cm³/mol. The number of anilines is 1. The van der Waals surface area contributed by atoms with Gasteiger partial charge in [-0.25, -0.2) is 0 Å². The highest BCUT2D eigenvalue weighted by Gasteiger charge is 2.13. The Labute approximate surface area is 139 Å². The zero-order valence-electron chi connectivity index (χ0n) is 13.6. The van der Waals surface area contributed by atoms with E-state index in [0.717, 1.165) is 24.2 Å². The third-order valence-corrected chi connectivity index (χ3v) is 3.83. The topological polar surface area (TPSA) is 41.1 Å². The van der Waals surface area contributed by atoms with E-state index in [-0.39, 0.29) is 23.1 Å². The molecule has 0 unspecified atom stereocenters. The lowest BCUT2D eigenvalue weighted by molar-refractivity contribution is -0.116. The van der Waals surface area contributed by atoms with Crippen molar-refractivity contribution in [2.45, 2.75) is 50.2 Å². The van der Waals surface area contributed by atoms with Gasteiger partial charge in [-0.05, 0) is 50.7 Å². The monoisotopic (exact) mass is 330 g/mol. The molecule has 0 saturated carbocycles. The molecular formula is C16H27ClN2OS. The molecule has 1 rings (SSSR count). The van der Waals surface area contributed by atoms with Crippen LogP contribution in [0.25, 0.3) is 0 Å². The first-order valence-electron chi connectivity index (χ1n) is 7.06. The van der Waals surface area contributed by atoms with Crippen LogP contribution in [0.3, 0.4) is 0 Å². The number of thioether (sulfide) groups is 1. The third kappa shape index (κ3) is 8.34. The largest absolute Gasteiger partial charge is 0.326 e. The quantitative estimate of drug-likeness (QED) is 0.605. The van der Waals surface area contributed by atoms with E-state index in [1.807, 2.05) is 31.8 Å². The van der Waals surface area contributed by atoms with E-state index >= 15 is 0 Å². The fourth-order valence-corrected chi connectivity index (χ4v) is 2.91. The van der Waals surface area contributed by atoms with Crippen molar-refractivity contribution < 1.29 is 4.79 Å². The molecule has 3 nitrogen and oxygen atoms in total. The highest BCUT2D eigenvalue weighted by Crippen LogP contribution is 2.33. The Morgan fingerprint density at radius 2 is 1.95 bits per heavy atom. The standard InChI is InChI=1S/C16H26N2OS.ClH/c1-12-11-13(20-16(2,3)4)8-9-14(12)18-15(19)7-6-10-17-5;/h8-9,11,17H,6-7,10H2,1-5H3,(H,18,19);1H. The average molecular weight is 331 g/mol. The summed E-state index contributed by atoms with van der Waals surface area (Å²) < 4.78 is 0.199. The van der Waals surface area contributed by atoms with Gasteiger partial charge in [-0.3, -0.25) is 4.79 Å². The van der Waals surface area contributed by atoms with E-state index in [2.05, 4.69) is 43.5 Å². The van der Waals surface area contributed by atoms with E-state index in [1.54, 1.807) is 0 Å². The summed E-state index contributed by atoms with van der Waals surface area (Å²) in [5.74, 6) is 0.0829. The Hall–Kier alpha value is -0.710. The van der Waals surface area contributed by atoms with Crippen LogP contribution in [0.5, 0.6) is 0 Å². The van der Waals surface area contributed by atoms with Gasteiger partial charge in [0.15, 0.2) is 0 Å². The van der Waals surface area contributed by atoms with Crippen LogP contribution in [-0.2, 0) is 4.79 Å². The molecule has 0 saturated heterocycles. The van der Waals surface area contributed by atoms with Crippen LogP contribution in [0.2, 0.25) is 0 Å². The van der Waals surface area contributed by atoms with E-state index in [0.29, 0.717) is 6.42 Å². The van der Waals surface area contributed by atoms with Crippen LogP contribution in [0, 0.1) is 6.92 Å². The van der Waals surface area contributed by atoms with Gasteiger partial charge in [0.25, 0.3) is 0 Å². The Kier molecular flexibility index (Phi) is 9.02. The molecule has 2 N–H and O–H groups in total. The Balaban J connectivity index is 0.00000400. The molecule has 0 radical (unpaired) electrons. The minimum atomic E-state index is 0. The lowest BCUT2D eigenvalue weighted by Gasteiger charge is -2.18. The molecule has 120 valence electrons. The van der Waals surface area contributed by atoms with Gasteiger partial charge < -0.3 is 10.6 Å². The second-order valence-electron chi connectivity index (χ2n) is 5.95. The van der Waals surface area contributed by atoms with Crippen molar-refractivity contribution in [2.75, 3.05) is 18.9 Å². The van der Waals surface area contributed by atoms with Gasteiger partial charge in [-0.15, -0.1) is 24.2 Å². The minimum Gasteiger partial charge on any atom is -0.326 e. The second kappa shape index (κ2) is 9.34. The predicted octanol–water partition coefficient (Wildman–Crippen LogP) is 4.25. The van der Waals surface area contributed by atoms with Crippen molar-refractivity contribution in [1.29, 1.82) is 0 Å². The summed E-state index contributed by atoms with van der Waals surface area (Å²) in [5, 5.41) is 6.03. The number of hydrogen-bond donors (Lipinski definition) is 2. The van der Waals surface area contributed by atoms with E-state index in [4.69, 9.17) is 0 Å². The number of nitrogens with one attached hydrogen (secondary N) is 2. The first kappa shape index (κ1) is 20.3. The molecule has 0 aliphatic carbocycles. The van der Waals surface area contributed by atoms with E-state index < -0.39 is 0 Å². The number of carbonyl (C=O) groups excluding carboxylic acids is 1. The highest BCUT2D eigenvalue weighted by molar-refractivity contribution is 8.00. The van der Waals surface area contributed by atoms with Crippen molar-refractivity contribution in [1.82, 2.24) is 5.32 Å². The molecular weight excluding hydrogens is 304 g/mol. The molecule has 5 heteroatoms. The first-order valence-corrected chi connectivity index (χ1v) is 7.87. The summed E-state index contributed by atoms with van der Waals surface area (Å²) in [6.45, 7) is 9.50. The molecule has 0 aromatic heterocycles. The molecule has 1 aromatic carbocycles. The lowest BCUT2D eigenvalue weighted by atomic mass is 10.2. The number of hydrogen-bond acceptors (Lipinski definition) is 3. The maximum atomic E-state index is 11.8. The van der Waals surface area contributed by atoms with Gasteiger partial charge >= 0.3 is 0 Å². The van der Waals surface area contributed by atoms with Gasteiger partial charge in [0.05, 0.1) is 0 Å². The SMILES string of the molecule is CNCCCC(=O)Nc1ccc(SC(C)(C)C)cc1C.Cl.